The summed E-state index contributed by atoms with van der Waals surface area (Å²) >= 11 is 5.09. The minimum Gasteiger partial charge on any atom is -0.397 e. The summed E-state index contributed by atoms with van der Waals surface area (Å²) in [6.45, 7) is 2.79. The summed E-state index contributed by atoms with van der Waals surface area (Å²) < 4.78 is 0.997. The lowest BCUT2D eigenvalue weighted by Crippen LogP contribution is -2.17. The second-order valence-corrected chi connectivity index (χ2v) is 5.80. The fourth-order valence-corrected chi connectivity index (χ4v) is 2.84. The maximum Gasteiger partial charge on any atom is 0.112 e. The van der Waals surface area contributed by atoms with E-state index < -0.39 is 0 Å². The highest BCUT2D eigenvalue weighted by Gasteiger charge is 2.08. The molecule has 0 saturated carbocycles. The Hall–Kier alpha value is -1.07. The van der Waals surface area contributed by atoms with Crippen molar-refractivity contribution in [3.63, 3.8) is 0 Å². The van der Waals surface area contributed by atoms with Crippen LogP contribution in [-0.2, 0) is 6.54 Å². The molecule has 0 spiro atoms. The smallest absolute Gasteiger partial charge is 0.112 e. The Kier molecular flexibility index (Phi) is 3.69. The Morgan fingerprint density at radius 2 is 2.24 bits per heavy atom. The molecular weight excluding hydrogens is 298 g/mol. The van der Waals surface area contributed by atoms with Crippen LogP contribution in [0.15, 0.2) is 28.1 Å². The third-order valence-electron chi connectivity index (χ3n) is 2.44. The minimum atomic E-state index is 0.773. The van der Waals surface area contributed by atoms with Gasteiger partial charge in [0, 0.05) is 22.6 Å². The quantitative estimate of drug-likeness (QED) is 0.883. The SMILES string of the molecule is Cc1csc(CN(C)c2ccc(Br)cc2N)n1. The molecule has 0 bridgehead atoms. The lowest BCUT2D eigenvalue weighted by molar-refractivity contribution is 0.906. The zero-order valence-corrected chi connectivity index (χ0v) is 12.2. The van der Waals surface area contributed by atoms with Crippen LogP contribution < -0.4 is 10.6 Å². The summed E-state index contributed by atoms with van der Waals surface area (Å²) in [6.07, 6.45) is 0. The van der Waals surface area contributed by atoms with Crippen LogP contribution in [-0.4, -0.2) is 12.0 Å². The molecule has 1 aromatic carbocycles. The number of thiazole rings is 1. The number of anilines is 2. The number of halogens is 1. The normalized spacial score (nSPS) is 10.5. The molecule has 1 heterocycles. The van der Waals surface area contributed by atoms with E-state index in [9.17, 15) is 0 Å². The van der Waals surface area contributed by atoms with Gasteiger partial charge < -0.3 is 10.6 Å². The van der Waals surface area contributed by atoms with Crippen molar-refractivity contribution in [1.82, 2.24) is 4.98 Å². The van der Waals surface area contributed by atoms with Gasteiger partial charge in [-0.3, -0.25) is 0 Å². The van der Waals surface area contributed by atoms with Crippen LogP contribution in [0.25, 0.3) is 0 Å². The first-order chi connectivity index (χ1) is 8.06. The first kappa shape index (κ1) is 12.4. The lowest BCUT2D eigenvalue weighted by atomic mass is 10.2. The number of nitrogen functional groups attached to an aromatic ring is 1. The van der Waals surface area contributed by atoms with Gasteiger partial charge in [0.25, 0.3) is 0 Å². The fraction of sp³-hybridized carbons (Fsp3) is 0.250. The number of hydrogen-bond acceptors (Lipinski definition) is 4. The van der Waals surface area contributed by atoms with E-state index in [0.29, 0.717) is 0 Å². The van der Waals surface area contributed by atoms with Gasteiger partial charge in [-0.05, 0) is 25.1 Å². The number of nitrogens with two attached hydrogens (primary N) is 1. The molecule has 0 aliphatic rings. The number of aromatic nitrogens is 1. The van der Waals surface area contributed by atoms with Gasteiger partial charge in [-0.15, -0.1) is 11.3 Å². The fourth-order valence-electron chi connectivity index (χ4n) is 1.64. The highest BCUT2D eigenvalue weighted by Crippen LogP contribution is 2.27. The zero-order valence-electron chi connectivity index (χ0n) is 9.77. The van der Waals surface area contributed by atoms with E-state index in [-0.39, 0.29) is 0 Å². The van der Waals surface area contributed by atoms with Gasteiger partial charge in [0.2, 0.25) is 0 Å². The Morgan fingerprint density at radius 3 is 2.82 bits per heavy atom. The Morgan fingerprint density at radius 1 is 1.47 bits per heavy atom. The van der Waals surface area contributed by atoms with E-state index in [4.69, 9.17) is 5.73 Å². The predicted octanol–water partition coefficient (Wildman–Crippen LogP) is 3.43. The van der Waals surface area contributed by atoms with Crippen molar-refractivity contribution >= 4 is 38.6 Å². The highest BCUT2D eigenvalue weighted by atomic mass is 79.9. The average molecular weight is 312 g/mol. The van der Waals surface area contributed by atoms with Gasteiger partial charge in [0.15, 0.2) is 0 Å². The summed E-state index contributed by atoms with van der Waals surface area (Å²) in [5.74, 6) is 0. The molecule has 0 aliphatic heterocycles. The van der Waals surface area contributed by atoms with Gasteiger partial charge in [0.1, 0.15) is 5.01 Å². The number of benzene rings is 1. The highest BCUT2D eigenvalue weighted by molar-refractivity contribution is 9.10. The molecule has 90 valence electrons. The van der Waals surface area contributed by atoms with E-state index >= 15 is 0 Å². The van der Waals surface area contributed by atoms with E-state index in [2.05, 4.69) is 31.2 Å². The molecule has 0 aliphatic carbocycles. The second kappa shape index (κ2) is 5.06. The number of rotatable bonds is 3. The first-order valence-corrected chi connectivity index (χ1v) is 6.90. The van der Waals surface area contributed by atoms with Crippen molar-refractivity contribution in [2.45, 2.75) is 13.5 Å². The van der Waals surface area contributed by atoms with Crippen molar-refractivity contribution in [2.24, 2.45) is 0 Å². The molecule has 3 nitrogen and oxygen atoms in total. The van der Waals surface area contributed by atoms with Crippen LogP contribution >= 0.6 is 27.3 Å². The molecule has 0 fully saturated rings. The largest absolute Gasteiger partial charge is 0.397 e. The van der Waals surface area contributed by atoms with Gasteiger partial charge >= 0.3 is 0 Å². The van der Waals surface area contributed by atoms with Gasteiger partial charge in [-0.25, -0.2) is 4.98 Å². The molecule has 2 N–H and O–H groups in total. The molecule has 1 aromatic heterocycles. The van der Waals surface area contributed by atoms with Gasteiger partial charge in [0.05, 0.1) is 17.9 Å². The molecule has 2 rings (SSSR count). The average Bonchev–Trinajstić information content (AvgIpc) is 2.63. The maximum atomic E-state index is 5.99. The monoisotopic (exact) mass is 311 g/mol. The number of aryl methyl sites for hydroxylation is 1. The summed E-state index contributed by atoms with van der Waals surface area (Å²) in [4.78, 5) is 6.56. The Balaban J connectivity index is 2.17. The molecule has 2 aromatic rings. The molecule has 0 amide bonds. The van der Waals surface area contributed by atoms with Crippen LogP contribution in [0.3, 0.4) is 0 Å². The summed E-state index contributed by atoms with van der Waals surface area (Å²) in [6, 6.07) is 5.92. The minimum absolute atomic E-state index is 0.773. The van der Waals surface area contributed by atoms with Crippen molar-refractivity contribution in [3.05, 3.63) is 38.8 Å². The third-order valence-corrected chi connectivity index (χ3v) is 3.88. The molecule has 0 radical (unpaired) electrons. The van der Waals surface area contributed by atoms with Crippen molar-refractivity contribution in [1.29, 1.82) is 0 Å². The van der Waals surface area contributed by atoms with Crippen LogP contribution in [0.5, 0.6) is 0 Å². The third kappa shape index (κ3) is 2.98. The van der Waals surface area contributed by atoms with E-state index in [1.807, 2.05) is 32.2 Å². The van der Waals surface area contributed by atoms with Crippen molar-refractivity contribution in [2.75, 3.05) is 17.7 Å². The summed E-state index contributed by atoms with van der Waals surface area (Å²) in [5.41, 5.74) is 8.87. The van der Waals surface area contributed by atoms with E-state index in [1.165, 1.54) is 0 Å². The standard InChI is InChI=1S/C12H14BrN3S/c1-8-7-17-12(15-8)6-16(2)11-4-3-9(13)5-10(11)14/h3-5,7H,6,14H2,1-2H3. The predicted molar refractivity (Wildman–Crippen MR) is 77.5 cm³/mol. The first-order valence-electron chi connectivity index (χ1n) is 5.23. The van der Waals surface area contributed by atoms with Crippen LogP contribution in [0, 0.1) is 6.92 Å². The molecule has 0 saturated heterocycles. The summed E-state index contributed by atoms with van der Waals surface area (Å²) in [5, 5.41) is 3.17. The topological polar surface area (TPSA) is 42.1 Å². The number of nitrogens with zero attached hydrogens (tertiary/aromatic N) is 2. The Bertz CT molecular complexity index is 524. The maximum absolute atomic E-state index is 5.99. The Labute approximate surface area is 113 Å². The zero-order chi connectivity index (χ0) is 12.4. The van der Waals surface area contributed by atoms with Crippen molar-refractivity contribution in [3.8, 4) is 0 Å². The van der Waals surface area contributed by atoms with Gasteiger partial charge in [-0.1, -0.05) is 15.9 Å². The van der Waals surface area contributed by atoms with Crippen LogP contribution in [0.4, 0.5) is 11.4 Å². The molecule has 0 atom stereocenters. The number of hydrogen-bond donors (Lipinski definition) is 1. The van der Waals surface area contributed by atoms with E-state index in [0.717, 1.165) is 33.1 Å². The molecule has 5 heteroatoms. The molecule has 0 unspecified atom stereocenters. The summed E-state index contributed by atoms with van der Waals surface area (Å²) in [7, 11) is 2.02. The van der Waals surface area contributed by atoms with Crippen LogP contribution in [0.2, 0.25) is 0 Å². The molecular formula is C12H14BrN3S. The van der Waals surface area contributed by atoms with Crippen LogP contribution in [0.1, 0.15) is 10.7 Å². The second-order valence-electron chi connectivity index (χ2n) is 3.94. The van der Waals surface area contributed by atoms with Crippen molar-refractivity contribution < 1.29 is 0 Å². The van der Waals surface area contributed by atoms with E-state index in [1.54, 1.807) is 11.3 Å². The molecule has 17 heavy (non-hydrogen) atoms. The van der Waals surface area contributed by atoms with Gasteiger partial charge in [-0.2, -0.15) is 0 Å². The lowest BCUT2D eigenvalue weighted by Gasteiger charge is -2.19.